The Morgan fingerprint density at radius 2 is 1.36 bits per heavy atom. The third-order valence-electron chi connectivity index (χ3n) is 3.57. The highest BCUT2D eigenvalue weighted by atomic mass is 32.2. The maximum atomic E-state index is 12.0. The lowest BCUT2D eigenvalue weighted by molar-refractivity contribution is 0.339. The van der Waals surface area contributed by atoms with Crippen molar-refractivity contribution in [3.05, 3.63) is 54.1 Å². The zero-order valence-corrected chi connectivity index (χ0v) is 15.2. The van der Waals surface area contributed by atoms with E-state index in [0.29, 0.717) is 18.7 Å². The number of ether oxygens (including phenoxy) is 3. The van der Waals surface area contributed by atoms with Crippen LogP contribution in [0.1, 0.15) is 5.56 Å². The smallest absolute Gasteiger partial charge is 0.214 e. The molecule has 0 aliphatic carbocycles. The van der Waals surface area contributed by atoms with Gasteiger partial charge in [0.25, 0.3) is 0 Å². The summed E-state index contributed by atoms with van der Waals surface area (Å²) in [4.78, 5) is 0. The SMILES string of the molecule is COc1ccc(CCNS(=O)(=O)CCOc2ccc(OC)cc2)cc1. The van der Waals surface area contributed by atoms with Crippen molar-refractivity contribution in [2.24, 2.45) is 0 Å². The molecule has 0 heterocycles. The van der Waals surface area contributed by atoms with Gasteiger partial charge in [0.15, 0.2) is 0 Å². The van der Waals surface area contributed by atoms with Gasteiger partial charge >= 0.3 is 0 Å². The Morgan fingerprint density at radius 3 is 1.92 bits per heavy atom. The van der Waals surface area contributed by atoms with Crippen LogP contribution in [0.5, 0.6) is 17.2 Å². The first-order chi connectivity index (χ1) is 12.0. The Kier molecular flexibility index (Phi) is 7.09. The largest absolute Gasteiger partial charge is 0.497 e. The molecule has 0 radical (unpaired) electrons. The number of benzene rings is 2. The molecule has 0 aliphatic rings. The van der Waals surface area contributed by atoms with Crippen LogP contribution in [0.25, 0.3) is 0 Å². The fourth-order valence-corrected chi connectivity index (χ4v) is 3.02. The number of hydrogen-bond acceptors (Lipinski definition) is 5. The quantitative estimate of drug-likeness (QED) is 0.699. The monoisotopic (exact) mass is 365 g/mol. The summed E-state index contributed by atoms with van der Waals surface area (Å²) < 4.78 is 42.1. The summed E-state index contributed by atoms with van der Waals surface area (Å²) in [5.74, 6) is 2.01. The Labute approximate surface area is 148 Å². The van der Waals surface area contributed by atoms with E-state index in [1.54, 1.807) is 38.5 Å². The molecule has 0 spiro atoms. The molecule has 2 rings (SSSR count). The number of sulfonamides is 1. The van der Waals surface area contributed by atoms with Crippen molar-refractivity contribution < 1.29 is 22.6 Å². The van der Waals surface area contributed by atoms with Gasteiger partial charge in [-0.15, -0.1) is 0 Å². The van der Waals surface area contributed by atoms with E-state index in [1.807, 2.05) is 24.3 Å². The van der Waals surface area contributed by atoms with Gasteiger partial charge < -0.3 is 14.2 Å². The molecule has 136 valence electrons. The summed E-state index contributed by atoms with van der Waals surface area (Å²) in [5, 5.41) is 0. The van der Waals surface area contributed by atoms with Gasteiger partial charge in [0.05, 0.1) is 20.0 Å². The molecule has 0 amide bonds. The van der Waals surface area contributed by atoms with E-state index >= 15 is 0 Å². The van der Waals surface area contributed by atoms with Crippen molar-refractivity contribution in [1.82, 2.24) is 4.72 Å². The van der Waals surface area contributed by atoms with E-state index in [-0.39, 0.29) is 12.4 Å². The van der Waals surface area contributed by atoms with Gasteiger partial charge in [-0.25, -0.2) is 13.1 Å². The molecule has 0 aromatic heterocycles. The summed E-state index contributed by atoms with van der Waals surface area (Å²) in [5.41, 5.74) is 1.04. The van der Waals surface area contributed by atoms with E-state index in [2.05, 4.69) is 4.72 Å². The van der Waals surface area contributed by atoms with Crippen molar-refractivity contribution in [3.63, 3.8) is 0 Å². The third kappa shape index (κ3) is 6.64. The zero-order valence-electron chi connectivity index (χ0n) is 14.4. The Balaban J connectivity index is 1.71. The zero-order chi connectivity index (χ0) is 18.1. The summed E-state index contributed by atoms with van der Waals surface area (Å²) >= 11 is 0. The van der Waals surface area contributed by atoms with Crippen molar-refractivity contribution in [1.29, 1.82) is 0 Å². The molecule has 7 heteroatoms. The first kappa shape index (κ1) is 19.1. The van der Waals surface area contributed by atoms with Crippen molar-refractivity contribution in [2.75, 3.05) is 33.1 Å². The first-order valence-electron chi connectivity index (χ1n) is 7.89. The molecule has 0 fully saturated rings. The standard InChI is InChI=1S/C18H23NO5S/c1-22-16-5-3-15(4-6-16)11-12-19-25(20,21)14-13-24-18-9-7-17(23-2)8-10-18/h3-10,19H,11-14H2,1-2H3. The molecule has 25 heavy (non-hydrogen) atoms. The molecule has 0 saturated carbocycles. The number of nitrogens with one attached hydrogen (secondary N) is 1. The highest BCUT2D eigenvalue weighted by Crippen LogP contribution is 2.17. The van der Waals surface area contributed by atoms with Crippen LogP contribution in [0.3, 0.4) is 0 Å². The average Bonchev–Trinajstić information content (AvgIpc) is 2.62. The lowest BCUT2D eigenvalue weighted by Gasteiger charge is -2.09. The molecule has 6 nitrogen and oxygen atoms in total. The van der Waals surface area contributed by atoms with Crippen LogP contribution in [0.15, 0.2) is 48.5 Å². The van der Waals surface area contributed by atoms with Gasteiger partial charge in [-0.2, -0.15) is 0 Å². The Hall–Kier alpha value is -2.25. The molecular formula is C18H23NO5S. The Bertz CT molecular complexity index is 683. The first-order valence-corrected chi connectivity index (χ1v) is 9.55. The number of hydrogen-bond donors (Lipinski definition) is 1. The minimum Gasteiger partial charge on any atom is -0.497 e. The molecule has 0 aliphatic heterocycles. The molecule has 1 N–H and O–H groups in total. The lowest BCUT2D eigenvalue weighted by atomic mass is 10.1. The maximum Gasteiger partial charge on any atom is 0.214 e. The average molecular weight is 365 g/mol. The van der Waals surface area contributed by atoms with E-state index in [9.17, 15) is 8.42 Å². The van der Waals surface area contributed by atoms with Gasteiger partial charge in [0.2, 0.25) is 10.0 Å². The van der Waals surface area contributed by atoms with E-state index < -0.39 is 10.0 Å². The minimum absolute atomic E-state index is 0.0875. The van der Waals surface area contributed by atoms with Gasteiger partial charge in [0.1, 0.15) is 23.9 Å². The van der Waals surface area contributed by atoms with Crippen LogP contribution in [0.4, 0.5) is 0 Å². The summed E-state index contributed by atoms with van der Waals surface area (Å²) in [6.07, 6.45) is 0.614. The molecule has 2 aromatic carbocycles. The minimum atomic E-state index is -3.37. The van der Waals surface area contributed by atoms with E-state index in [4.69, 9.17) is 14.2 Å². The molecule has 0 bridgehead atoms. The molecule has 2 aromatic rings. The summed E-state index contributed by atoms with van der Waals surface area (Å²) in [6, 6.07) is 14.5. The number of rotatable bonds is 10. The highest BCUT2D eigenvalue weighted by molar-refractivity contribution is 7.89. The fourth-order valence-electron chi connectivity index (χ4n) is 2.16. The van der Waals surface area contributed by atoms with Crippen LogP contribution in [-0.2, 0) is 16.4 Å². The molecule has 0 atom stereocenters. The Morgan fingerprint density at radius 1 is 0.840 bits per heavy atom. The predicted molar refractivity (Wildman–Crippen MR) is 97.0 cm³/mol. The molecule has 0 saturated heterocycles. The normalized spacial score (nSPS) is 11.1. The second kappa shape index (κ2) is 9.29. The fraction of sp³-hybridized carbons (Fsp3) is 0.333. The molecular weight excluding hydrogens is 342 g/mol. The van der Waals surface area contributed by atoms with Crippen molar-refractivity contribution in [2.45, 2.75) is 6.42 Å². The van der Waals surface area contributed by atoms with E-state index in [1.165, 1.54) is 0 Å². The van der Waals surface area contributed by atoms with E-state index in [0.717, 1.165) is 17.1 Å². The van der Waals surface area contributed by atoms with Crippen LogP contribution in [0, 0.1) is 0 Å². The topological polar surface area (TPSA) is 73.9 Å². The van der Waals surface area contributed by atoms with Crippen LogP contribution >= 0.6 is 0 Å². The van der Waals surface area contributed by atoms with Crippen molar-refractivity contribution >= 4 is 10.0 Å². The second-order valence-corrected chi connectivity index (χ2v) is 7.26. The van der Waals surface area contributed by atoms with Gasteiger partial charge in [-0.05, 0) is 48.4 Å². The number of methoxy groups -OCH3 is 2. The lowest BCUT2D eigenvalue weighted by Crippen LogP contribution is -2.30. The van der Waals surface area contributed by atoms with Gasteiger partial charge in [-0.3, -0.25) is 0 Å². The van der Waals surface area contributed by atoms with Crippen LogP contribution in [0.2, 0.25) is 0 Å². The summed E-state index contributed by atoms with van der Waals surface area (Å²) in [7, 11) is -0.180. The molecule has 0 unspecified atom stereocenters. The highest BCUT2D eigenvalue weighted by Gasteiger charge is 2.10. The second-order valence-electron chi connectivity index (χ2n) is 5.34. The van der Waals surface area contributed by atoms with Gasteiger partial charge in [0, 0.05) is 6.54 Å². The third-order valence-corrected chi connectivity index (χ3v) is 4.92. The van der Waals surface area contributed by atoms with Crippen LogP contribution in [-0.4, -0.2) is 41.5 Å². The van der Waals surface area contributed by atoms with Crippen molar-refractivity contribution in [3.8, 4) is 17.2 Å². The van der Waals surface area contributed by atoms with Crippen LogP contribution < -0.4 is 18.9 Å². The maximum absolute atomic E-state index is 12.0. The predicted octanol–water partition coefficient (Wildman–Crippen LogP) is 2.24. The summed E-state index contributed by atoms with van der Waals surface area (Å²) in [6.45, 7) is 0.432. The van der Waals surface area contributed by atoms with Gasteiger partial charge in [-0.1, -0.05) is 12.1 Å².